The van der Waals surface area contributed by atoms with Gasteiger partial charge in [0.15, 0.2) is 0 Å². The van der Waals surface area contributed by atoms with Crippen LogP contribution in [0.1, 0.15) is 10.4 Å². The van der Waals surface area contributed by atoms with E-state index in [1.165, 1.54) is 0 Å². The molecule has 16 nitrogen and oxygen atoms in total. The Labute approximate surface area is 275 Å². The number of rotatable bonds is 7. The molecular formula is C31H49N13O3. The second-order valence-electron chi connectivity index (χ2n) is 11.4. The molecule has 5 rings (SSSR count). The maximum absolute atomic E-state index is 12.9. The SMILES string of the molecule is O=C(NCCNc1nc(N2CCNCCNCCNCC2)nc(N2CCNCCNCCNCC2)n1)c1cc2ccccc2oc1=O. The van der Waals surface area contributed by atoms with Crippen molar-refractivity contribution in [2.24, 2.45) is 0 Å². The number of nitrogens with one attached hydrogen (secondary N) is 8. The van der Waals surface area contributed by atoms with Crippen LogP contribution in [0.2, 0.25) is 0 Å². The van der Waals surface area contributed by atoms with E-state index in [1.54, 1.807) is 24.3 Å². The van der Waals surface area contributed by atoms with E-state index >= 15 is 0 Å². The molecule has 0 bridgehead atoms. The Hall–Kier alpha value is -3.93. The normalized spacial score (nSPS) is 18.3. The van der Waals surface area contributed by atoms with Gasteiger partial charge in [0.05, 0.1) is 0 Å². The molecule has 2 aromatic heterocycles. The molecule has 16 heteroatoms. The number of nitrogens with zero attached hydrogens (tertiary/aromatic N) is 5. The fourth-order valence-electron chi connectivity index (χ4n) is 5.32. The summed E-state index contributed by atoms with van der Waals surface area (Å²) in [6, 6.07) is 8.67. The smallest absolute Gasteiger partial charge is 0.349 e. The highest BCUT2D eigenvalue weighted by atomic mass is 16.4. The van der Waals surface area contributed by atoms with Crippen molar-refractivity contribution in [1.82, 2.24) is 52.2 Å². The Balaban J connectivity index is 1.29. The number of fused-ring (bicyclic) bond motifs is 1. The first-order valence-corrected chi connectivity index (χ1v) is 16.7. The Morgan fingerprint density at radius 3 is 1.70 bits per heavy atom. The van der Waals surface area contributed by atoms with Crippen LogP contribution in [-0.2, 0) is 0 Å². The summed E-state index contributed by atoms with van der Waals surface area (Å²) in [5.74, 6) is 1.14. The molecule has 2 aliphatic heterocycles. The van der Waals surface area contributed by atoms with Gasteiger partial charge in [-0.05, 0) is 12.1 Å². The Bertz CT molecular complexity index is 1380. The van der Waals surface area contributed by atoms with Gasteiger partial charge in [-0.25, -0.2) is 4.79 Å². The monoisotopic (exact) mass is 651 g/mol. The standard InChI is InChI=1S/C31H49N13O3/c45-27(25-23-24-3-1-2-4-26(24)47-28(25)46)38-13-14-39-29-40-30(43-19-15-34-9-5-32-6-10-35-16-20-43)42-31(41-29)44-21-17-36-11-7-33-8-12-37-18-22-44/h1-4,23,32-37H,5-22H2,(H,38,45)(H,39,40,41,42). The zero-order valence-electron chi connectivity index (χ0n) is 27.1. The molecule has 1 aromatic carbocycles. The van der Waals surface area contributed by atoms with Crippen molar-refractivity contribution < 1.29 is 9.21 Å². The number of anilines is 3. The van der Waals surface area contributed by atoms with Gasteiger partial charge in [0.2, 0.25) is 17.8 Å². The second kappa shape index (κ2) is 19.0. The summed E-state index contributed by atoms with van der Waals surface area (Å²) < 4.78 is 5.33. The first-order chi connectivity index (χ1) is 23.2. The fraction of sp³-hybridized carbons (Fsp3) is 0.581. The molecule has 8 N–H and O–H groups in total. The summed E-state index contributed by atoms with van der Waals surface area (Å²) >= 11 is 0. The molecule has 0 aliphatic carbocycles. The average Bonchev–Trinajstić information content (AvgIpc) is 3.07. The van der Waals surface area contributed by atoms with Crippen LogP contribution in [-0.4, -0.2) is 139 Å². The van der Waals surface area contributed by atoms with E-state index in [0.29, 0.717) is 35.4 Å². The van der Waals surface area contributed by atoms with Crippen LogP contribution in [0.25, 0.3) is 11.0 Å². The first kappa shape index (κ1) is 34.4. The van der Waals surface area contributed by atoms with Gasteiger partial charge >= 0.3 is 5.63 Å². The van der Waals surface area contributed by atoms with E-state index in [-0.39, 0.29) is 12.1 Å². The first-order valence-electron chi connectivity index (χ1n) is 16.7. The third-order valence-electron chi connectivity index (χ3n) is 7.91. The topological polar surface area (TPSA) is 189 Å². The van der Waals surface area contributed by atoms with Crippen molar-refractivity contribution in [2.75, 3.05) is 133 Å². The lowest BCUT2D eigenvalue weighted by atomic mass is 10.2. The third kappa shape index (κ3) is 11.1. The number of para-hydroxylation sites is 1. The van der Waals surface area contributed by atoms with Crippen molar-refractivity contribution in [2.45, 2.75) is 0 Å². The van der Waals surface area contributed by atoms with Crippen molar-refractivity contribution >= 4 is 34.7 Å². The summed E-state index contributed by atoms with van der Waals surface area (Å²) in [6.45, 7) is 14.0. The zero-order chi connectivity index (χ0) is 32.5. The highest BCUT2D eigenvalue weighted by Gasteiger charge is 2.19. The summed E-state index contributed by atoms with van der Waals surface area (Å²) in [7, 11) is 0. The van der Waals surface area contributed by atoms with Crippen molar-refractivity contribution in [3.8, 4) is 0 Å². The summed E-state index contributed by atoms with van der Waals surface area (Å²) in [5.41, 5.74) is -0.257. The van der Waals surface area contributed by atoms with Gasteiger partial charge in [-0.2, -0.15) is 15.0 Å². The number of benzene rings is 1. The van der Waals surface area contributed by atoms with Gasteiger partial charge in [0.25, 0.3) is 5.91 Å². The molecule has 0 unspecified atom stereocenters. The van der Waals surface area contributed by atoms with Gasteiger partial charge < -0.3 is 56.8 Å². The van der Waals surface area contributed by atoms with Crippen molar-refractivity contribution in [3.63, 3.8) is 0 Å². The van der Waals surface area contributed by atoms with E-state index in [4.69, 9.17) is 19.4 Å². The van der Waals surface area contributed by atoms with Crippen molar-refractivity contribution in [1.29, 1.82) is 0 Å². The van der Waals surface area contributed by atoms with Gasteiger partial charge in [-0.3, -0.25) is 4.79 Å². The second-order valence-corrected chi connectivity index (χ2v) is 11.4. The number of amides is 1. The van der Waals surface area contributed by atoms with Gasteiger partial charge in [-0.1, -0.05) is 18.2 Å². The van der Waals surface area contributed by atoms with E-state index in [0.717, 1.165) is 105 Å². The summed E-state index contributed by atoms with van der Waals surface area (Å²) in [4.78, 5) is 44.3. The van der Waals surface area contributed by atoms with Gasteiger partial charge in [-0.15, -0.1) is 0 Å². The predicted molar refractivity (Wildman–Crippen MR) is 185 cm³/mol. The van der Waals surface area contributed by atoms with Crippen LogP contribution in [0.4, 0.5) is 17.8 Å². The lowest BCUT2D eigenvalue weighted by Crippen LogP contribution is -2.43. The molecular weight excluding hydrogens is 602 g/mol. The van der Waals surface area contributed by atoms with Crippen LogP contribution >= 0.6 is 0 Å². The van der Waals surface area contributed by atoms with E-state index < -0.39 is 11.5 Å². The molecule has 256 valence electrons. The molecule has 0 saturated carbocycles. The average molecular weight is 652 g/mol. The fourth-order valence-corrected chi connectivity index (χ4v) is 5.32. The maximum Gasteiger partial charge on any atom is 0.349 e. The molecule has 2 fully saturated rings. The minimum absolute atomic E-state index is 0.0324. The minimum atomic E-state index is -0.668. The van der Waals surface area contributed by atoms with E-state index in [1.807, 2.05) is 6.07 Å². The molecule has 1 amide bonds. The largest absolute Gasteiger partial charge is 0.422 e. The number of aromatic nitrogens is 3. The lowest BCUT2D eigenvalue weighted by molar-refractivity contribution is 0.0951. The molecule has 0 radical (unpaired) electrons. The number of hydrogen-bond donors (Lipinski definition) is 8. The number of carbonyl (C=O) groups is 1. The highest BCUT2D eigenvalue weighted by Crippen LogP contribution is 2.17. The summed E-state index contributed by atoms with van der Waals surface area (Å²) in [6.07, 6.45) is 0. The molecule has 0 atom stereocenters. The predicted octanol–water partition coefficient (Wildman–Crippen LogP) is -2.00. The van der Waals surface area contributed by atoms with Gasteiger partial charge in [0.1, 0.15) is 11.1 Å². The maximum atomic E-state index is 12.9. The number of hydrogen-bond acceptors (Lipinski definition) is 15. The molecule has 3 aromatic rings. The van der Waals surface area contributed by atoms with Crippen LogP contribution in [0.3, 0.4) is 0 Å². The van der Waals surface area contributed by atoms with Gasteiger partial charge in [0, 0.05) is 123 Å². The van der Waals surface area contributed by atoms with Crippen LogP contribution in [0.15, 0.2) is 39.5 Å². The molecule has 4 heterocycles. The van der Waals surface area contributed by atoms with Crippen LogP contribution in [0.5, 0.6) is 0 Å². The number of carbonyl (C=O) groups excluding carboxylic acids is 1. The van der Waals surface area contributed by atoms with E-state index in [2.05, 4.69) is 52.3 Å². The lowest BCUT2D eigenvalue weighted by Gasteiger charge is -2.28. The molecule has 0 spiro atoms. The van der Waals surface area contributed by atoms with Crippen LogP contribution < -0.4 is 58.0 Å². The molecule has 2 saturated heterocycles. The van der Waals surface area contributed by atoms with E-state index in [9.17, 15) is 9.59 Å². The molecule has 2 aliphatic rings. The Kier molecular flexibility index (Phi) is 13.9. The third-order valence-corrected chi connectivity index (χ3v) is 7.91. The quantitative estimate of drug-likeness (QED) is 0.103. The van der Waals surface area contributed by atoms with Crippen molar-refractivity contribution in [3.05, 3.63) is 46.3 Å². The zero-order valence-corrected chi connectivity index (χ0v) is 27.1. The molecule has 47 heavy (non-hydrogen) atoms. The highest BCUT2D eigenvalue weighted by molar-refractivity contribution is 5.96. The summed E-state index contributed by atoms with van der Waals surface area (Å²) in [5, 5.41) is 27.6. The van der Waals surface area contributed by atoms with Crippen LogP contribution in [0, 0.1) is 0 Å². The Morgan fingerprint density at radius 1 is 0.681 bits per heavy atom. The minimum Gasteiger partial charge on any atom is -0.422 e. The Morgan fingerprint density at radius 2 is 1.17 bits per heavy atom.